The zero-order valence-electron chi connectivity index (χ0n) is 11.2. The average molecular weight is 285 g/mol. The van der Waals surface area contributed by atoms with E-state index < -0.39 is 12.0 Å². The SMILES string of the molecule is CCC(C)[C@H](N)C(=O)NC(C)c1nc(C(=O)O)cs1. The predicted octanol–water partition coefficient (Wildman–Crippen LogP) is 1.39. The maximum absolute atomic E-state index is 11.9. The Hall–Kier alpha value is -1.47. The number of carboxylic acid groups (broad SMARTS) is 1. The highest BCUT2D eigenvalue weighted by atomic mass is 32.1. The van der Waals surface area contributed by atoms with Crippen LogP contribution in [-0.2, 0) is 4.79 Å². The first-order valence-corrected chi connectivity index (χ1v) is 6.99. The van der Waals surface area contributed by atoms with Gasteiger partial charge in [0.2, 0.25) is 5.91 Å². The largest absolute Gasteiger partial charge is 0.476 e. The summed E-state index contributed by atoms with van der Waals surface area (Å²) in [6.07, 6.45) is 0.823. The van der Waals surface area contributed by atoms with E-state index in [1.807, 2.05) is 13.8 Å². The third-order valence-corrected chi connectivity index (χ3v) is 4.06. The lowest BCUT2D eigenvalue weighted by Gasteiger charge is -2.20. The summed E-state index contributed by atoms with van der Waals surface area (Å²) in [5.41, 5.74) is 5.82. The molecule has 3 atom stereocenters. The summed E-state index contributed by atoms with van der Waals surface area (Å²) in [7, 11) is 0. The molecule has 1 rings (SSSR count). The van der Waals surface area contributed by atoms with Gasteiger partial charge >= 0.3 is 5.97 Å². The highest BCUT2D eigenvalue weighted by Crippen LogP contribution is 2.18. The van der Waals surface area contributed by atoms with Gasteiger partial charge in [0, 0.05) is 5.38 Å². The maximum atomic E-state index is 11.9. The number of hydrogen-bond donors (Lipinski definition) is 3. The summed E-state index contributed by atoms with van der Waals surface area (Å²) < 4.78 is 0. The molecule has 6 nitrogen and oxygen atoms in total. The lowest BCUT2D eigenvalue weighted by atomic mass is 9.99. The first-order valence-electron chi connectivity index (χ1n) is 6.11. The van der Waals surface area contributed by atoms with E-state index in [2.05, 4.69) is 10.3 Å². The third kappa shape index (κ3) is 4.00. The molecule has 0 fully saturated rings. The molecular weight excluding hydrogens is 266 g/mol. The number of carboxylic acids is 1. The van der Waals surface area contributed by atoms with Gasteiger partial charge in [0.05, 0.1) is 12.1 Å². The van der Waals surface area contributed by atoms with E-state index in [9.17, 15) is 9.59 Å². The standard InChI is InChI=1S/C12H19N3O3S/c1-4-6(2)9(13)10(16)14-7(3)11-15-8(5-19-11)12(17)18/h5-7,9H,4,13H2,1-3H3,(H,14,16)(H,17,18)/t6?,7?,9-/m0/s1. The van der Waals surface area contributed by atoms with Crippen LogP contribution in [0.25, 0.3) is 0 Å². The molecule has 7 heteroatoms. The normalized spacial score (nSPS) is 15.6. The lowest BCUT2D eigenvalue weighted by molar-refractivity contribution is -0.124. The first kappa shape index (κ1) is 15.6. The fourth-order valence-electron chi connectivity index (χ4n) is 1.47. The molecule has 1 aromatic rings. The third-order valence-electron chi connectivity index (χ3n) is 3.03. The molecule has 2 unspecified atom stereocenters. The Bertz CT molecular complexity index is 461. The van der Waals surface area contributed by atoms with Gasteiger partial charge in [-0.15, -0.1) is 11.3 Å². The van der Waals surface area contributed by atoms with Gasteiger partial charge in [-0.05, 0) is 12.8 Å². The molecule has 1 heterocycles. The smallest absolute Gasteiger partial charge is 0.355 e. The minimum absolute atomic E-state index is 0.00711. The van der Waals surface area contributed by atoms with E-state index in [0.29, 0.717) is 5.01 Å². The van der Waals surface area contributed by atoms with Gasteiger partial charge in [0.15, 0.2) is 5.69 Å². The number of carbonyl (C=O) groups is 2. The molecule has 0 spiro atoms. The van der Waals surface area contributed by atoms with Crippen LogP contribution in [-0.4, -0.2) is 28.0 Å². The number of nitrogens with two attached hydrogens (primary N) is 1. The van der Waals surface area contributed by atoms with E-state index >= 15 is 0 Å². The van der Waals surface area contributed by atoms with E-state index in [0.717, 1.165) is 6.42 Å². The van der Waals surface area contributed by atoms with Crippen molar-refractivity contribution in [1.82, 2.24) is 10.3 Å². The molecule has 0 aliphatic rings. The van der Waals surface area contributed by atoms with Gasteiger partial charge in [-0.3, -0.25) is 4.79 Å². The van der Waals surface area contributed by atoms with Crippen LogP contribution in [0.4, 0.5) is 0 Å². The number of hydrogen-bond acceptors (Lipinski definition) is 5. The number of rotatable bonds is 6. The summed E-state index contributed by atoms with van der Waals surface area (Å²) in [5.74, 6) is -1.22. The highest BCUT2D eigenvalue weighted by Gasteiger charge is 2.22. The molecule has 0 bridgehead atoms. The number of carbonyl (C=O) groups excluding carboxylic acids is 1. The van der Waals surface area contributed by atoms with E-state index in [1.165, 1.54) is 16.7 Å². The van der Waals surface area contributed by atoms with Crippen molar-refractivity contribution in [3.8, 4) is 0 Å². The summed E-state index contributed by atoms with van der Waals surface area (Å²) in [6.45, 7) is 5.65. The molecule has 1 amide bonds. The summed E-state index contributed by atoms with van der Waals surface area (Å²) in [6, 6.07) is -0.910. The second kappa shape index (κ2) is 6.63. The zero-order valence-corrected chi connectivity index (χ0v) is 12.0. The zero-order chi connectivity index (χ0) is 14.6. The average Bonchev–Trinajstić information content (AvgIpc) is 2.86. The quantitative estimate of drug-likeness (QED) is 0.732. The number of aromatic nitrogens is 1. The second-order valence-electron chi connectivity index (χ2n) is 4.52. The van der Waals surface area contributed by atoms with Gasteiger partial charge in [-0.1, -0.05) is 20.3 Å². The monoisotopic (exact) mass is 285 g/mol. The number of aromatic carboxylic acids is 1. The summed E-state index contributed by atoms with van der Waals surface area (Å²) in [5, 5.41) is 13.6. The first-order chi connectivity index (χ1) is 8.86. The van der Waals surface area contributed by atoms with E-state index in [4.69, 9.17) is 10.8 Å². The van der Waals surface area contributed by atoms with Gasteiger partial charge in [-0.25, -0.2) is 9.78 Å². The Labute approximate surface area is 116 Å². The fraction of sp³-hybridized carbons (Fsp3) is 0.583. The Kier molecular flexibility index (Phi) is 5.44. The van der Waals surface area contributed by atoms with Crippen molar-refractivity contribution >= 4 is 23.2 Å². The molecule has 0 saturated heterocycles. The Morgan fingerprint density at radius 3 is 2.63 bits per heavy atom. The maximum Gasteiger partial charge on any atom is 0.355 e. The molecule has 106 valence electrons. The highest BCUT2D eigenvalue weighted by molar-refractivity contribution is 7.09. The van der Waals surface area contributed by atoms with Gasteiger partial charge in [-0.2, -0.15) is 0 Å². The van der Waals surface area contributed by atoms with Crippen molar-refractivity contribution in [2.45, 2.75) is 39.3 Å². The van der Waals surface area contributed by atoms with E-state index in [1.54, 1.807) is 6.92 Å². The number of thiazole rings is 1. The number of amides is 1. The molecule has 0 aliphatic heterocycles. The van der Waals surface area contributed by atoms with Gasteiger partial charge < -0.3 is 16.2 Å². The Morgan fingerprint density at radius 1 is 1.53 bits per heavy atom. The topological polar surface area (TPSA) is 105 Å². The van der Waals surface area contributed by atoms with Crippen LogP contribution >= 0.6 is 11.3 Å². The molecule has 0 radical (unpaired) electrons. The molecular formula is C12H19N3O3S. The van der Waals surface area contributed by atoms with Crippen LogP contribution in [0.3, 0.4) is 0 Å². The summed E-state index contributed by atoms with van der Waals surface area (Å²) in [4.78, 5) is 26.6. The minimum Gasteiger partial charge on any atom is -0.476 e. The Balaban J connectivity index is 2.65. The van der Waals surface area contributed by atoms with Crippen molar-refractivity contribution in [2.75, 3.05) is 0 Å². The van der Waals surface area contributed by atoms with Crippen molar-refractivity contribution < 1.29 is 14.7 Å². The molecule has 1 aromatic heterocycles. The summed E-state index contributed by atoms with van der Waals surface area (Å²) >= 11 is 1.21. The molecule has 4 N–H and O–H groups in total. The van der Waals surface area contributed by atoms with Crippen LogP contribution in [0.1, 0.15) is 48.7 Å². The van der Waals surface area contributed by atoms with Crippen LogP contribution in [0.5, 0.6) is 0 Å². The van der Waals surface area contributed by atoms with Crippen LogP contribution in [0.15, 0.2) is 5.38 Å². The van der Waals surface area contributed by atoms with Gasteiger partial charge in [0.1, 0.15) is 5.01 Å². The predicted molar refractivity (Wildman–Crippen MR) is 73.1 cm³/mol. The number of nitrogens with one attached hydrogen (secondary N) is 1. The van der Waals surface area contributed by atoms with Crippen molar-refractivity contribution in [3.05, 3.63) is 16.1 Å². The van der Waals surface area contributed by atoms with Crippen LogP contribution in [0, 0.1) is 5.92 Å². The molecule has 0 aliphatic carbocycles. The van der Waals surface area contributed by atoms with Crippen LogP contribution < -0.4 is 11.1 Å². The minimum atomic E-state index is -1.07. The Morgan fingerprint density at radius 2 is 2.16 bits per heavy atom. The molecule has 0 saturated carbocycles. The lowest BCUT2D eigenvalue weighted by Crippen LogP contribution is -2.45. The van der Waals surface area contributed by atoms with Gasteiger partial charge in [0.25, 0.3) is 0 Å². The molecule has 0 aromatic carbocycles. The fourth-order valence-corrected chi connectivity index (χ4v) is 2.27. The van der Waals surface area contributed by atoms with Crippen molar-refractivity contribution in [2.24, 2.45) is 11.7 Å². The number of nitrogens with zero attached hydrogens (tertiary/aromatic N) is 1. The van der Waals surface area contributed by atoms with Crippen LogP contribution in [0.2, 0.25) is 0 Å². The van der Waals surface area contributed by atoms with E-state index in [-0.39, 0.29) is 23.6 Å². The molecule has 19 heavy (non-hydrogen) atoms. The van der Waals surface area contributed by atoms with Crippen molar-refractivity contribution in [1.29, 1.82) is 0 Å². The van der Waals surface area contributed by atoms with Crippen molar-refractivity contribution in [3.63, 3.8) is 0 Å². The second-order valence-corrected chi connectivity index (χ2v) is 5.41.